The first-order valence-electron chi connectivity index (χ1n) is 8.02. The quantitative estimate of drug-likeness (QED) is 0.603. The second-order valence-electron chi connectivity index (χ2n) is 6.58. The lowest BCUT2D eigenvalue weighted by atomic mass is 9.92. The lowest BCUT2D eigenvalue weighted by molar-refractivity contribution is -0.145. The molecular weight excluding hydrogens is 386 g/mol. The number of hydrogen-bond acceptors (Lipinski definition) is 4. The first-order valence-corrected chi connectivity index (χ1v) is 8.82. The van der Waals surface area contributed by atoms with Crippen molar-refractivity contribution in [2.45, 2.75) is 39.5 Å². The molecule has 1 heterocycles. The molecule has 0 radical (unpaired) electrons. The first kappa shape index (κ1) is 19.2. The van der Waals surface area contributed by atoms with Gasteiger partial charge in [0.15, 0.2) is 0 Å². The molecule has 0 atom stereocenters. The second kappa shape index (κ2) is 7.82. The van der Waals surface area contributed by atoms with Gasteiger partial charge in [-0.2, -0.15) is 5.10 Å². The Morgan fingerprint density at radius 3 is 2.44 bits per heavy atom. The molecule has 1 N–H and O–H groups in total. The largest absolute Gasteiger partial charge is 0.466 e. The summed E-state index contributed by atoms with van der Waals surface area (Å²) in [5.41, 5.74) is 1.47. The number of rotatable bonds is 5. The van der Waals surface area contributed by atoms with Gasteiger partial charge in [-0.3, -0.25) is 9.59 Å². The third-order valence-electron chi connectivity index (χ3n) is 3.43. The van der Waals surface area contributed by atoms with Gasteiger partial charge in [-0.05, 0) is 31.2 Å². The Morgan fingerprint density at radius 1 is 1.24 bits per heavy atom. The SMILES string of the molecule is CCOC(=O)CC(=O)Nc1cc(C(C)(C)C)nn1-c1ccc(Br)cc1. The third-order valence-corrected chi connectivity index (χ3v) is 3.96. The van der Waals surface area contributed by atoms with E-state index in [4.69, 9.17) is 4.74 Å². The van der Waals surface area contributed by atoms with Crippen molar-refractivity contribution < 1.29 is 14.3 Å². The summed E-state index contributed by atoms with van der Waals surface area (Å²) in [5.74, 6) is -0.468. The number of aromatic nitrogens is 2. The van der Waals surface area contributed by atoms with Gasteiger partial charge in [0.05, 0.1) is 18.0 Å². The van der Waals surface area contributed by atoms with Crippen molar-refractivity contribution in [3.8, 4) is 5.69 Å². The van der Waals surface area contributed by atoms with Crippen LogP contribution >= 0.6 is 15.9 Å². The number of anilines is 1. The van der Waals surface area contributed by atoms with E-state index in [1.807, 2.05) is 51.1 Å². The number of hydrogen-bond donors (Lipinski definition) is 1. The van der Waals surface area contributed by atoms with Crippen LogP contribution < -0.4 is 5.32 Å². The lowest BCUT2D eigenvalue weighted by Gasteiger charge is -2.14. The Morgan fingerprint density at radius 2 is 1.88 bits per heavy atom. The lowest BCUT2D eigenvalue weighted by Crippen LogP contribution is -2.19. The molecule has 2 aromatic rings. The molecule has 0 fully saturated rings. The highest BCUT2D eigenvalue weighted by Crippen LogP contribution is 2.27. The van der Waals surface area contributed by atoms with Crippen LogP contribution in [0.3, 0.4) is 0 Å². The van der Waals surface area contributed by atoms with Gasteiger partial charge in [0.1, 0.15) is 12.2 Å². The van der Waals surface area contributed by atoms with Crippen molar-refractivity contribution in [3.63, 3.8) is 0 Å². The number of halogens is 1. The molecule has 0 aliphatic rings. The fraction of sp³-hybridized carbons (Fsp3) is 0.389. The minimum absolute atomic E-state index is 0.179. The monoisotopic (exact) mass is 407 g/mol. The summed E-state index contributed by atoms with van der Waals surface area (Å²) in [5, 5.41) is 7.37. The maximum absolute atomic E-state index is 12.1. The number of ether oxygens (including phenoxy) is 1. The number of esters is 1. The van der Waals surface area contributed by atoms with Gasteiger partial charge in [0.2, 0.25) is 5.91 Å². The number of amides is 1. The zero-order valence-corrected chi connectivity index (χ0v) is 16.4. The molecule has 0 aliphatic carbocycles. The van der Waals surface area contributed by atoms with Gasteiger partial charge in [-0.15, -0.1) is 0 Å². The zero-order chi connectivity index (χ0) is 18.6. The fourth-order valence-corrected chi connectivity index (χ4v) is 2.41. The van der Waals surface area contributed by atoms with Crippen molar-refractivity contribution in [1.82, 2.24) is 9.78 Å². The van der Waals surface area contributed by atoms with E-state index < -0.39 is 11.9 Å². The Bertz CT molecular complexity index is 761. The standard InChI is InChI=1S/C18H22BrN3O3/c1-5-25-17(24)11-16(23)20-15-10-14(18(2,3)4)21-22(15)13-8-6-12(19)7-9-13/h6-10H,5,11H2,1-4H3,(H,20,23). The van der Waals surface area contributed by atoms with Crippen molar-refractivity contribution in [1.29, 1.82) is 0 Å². The van der Waals surface area contributed by atoms with Gasteiger partial charge >= 0.3 is 5.97 Å². The first-order chi connectivity index (χ1) is 11.7. The van der Waals surface area contributed by atoms with Gasteiger partial charge in [0, 0.05) is 16.0 Å². The molecule has 25 heavy (non-hydrogen) atoms. The van der Waals surface area contributed by atoms with Crippen LogP contribution in [-0.4, -0.2) is 28.3 Å². The summed E-state index contributed by atoms with van der Waals surface area (Å²) in [6.45, 7) is 8.09. The number of nitrogens with zero attached hydrogens (tertiary/aromatic N) is 2. The molecule has 6 nitrogen and oxygen atoms in total. The minimum atomic E-state index is -0.550. The molecule has 1 aromatic heterocycles. The van der Waals surface area contributed by atoms with Crippen molar-refractivity contribution >= 4 is 33.6 Å². The fourth-order valence-electron chi connectivity index (χ4n) is 2.15. The number of carbonyl (C=O) groups excluding carboxylic acids is 2. The summed E-state index contributed by atoms with van der Waals surface area (Å²) < 4.78 is 7.42. The maximum atomic E-state index is 12.1. The van der Waals surface area contributed by atoms with Crippen molar-refractivity contribution in [2.24, 2.45) is 0 Å². The van der Waals surface area contributed by atoms with Crippen molar-refractivity contribution in [2.75, 3.05) is 11.9 Å². The van der Waals surface area contributed by atoms with Crippen LogP contribution in [0.4, 0.5) is 5.82 Å². The molecule has 0 aliphatic heterocycles. The molecular formula is C18H22BrN3O3. The van der Waals surface area contributed by atoms with Crippen LogP contribution in [-0.2, 0) is 19.7 Å². The van der Waals surface area contributed by atoms with E-state index in [9.17, 15) is 9.59 Å². The van der Waals surface area contributed by atoms with Crippen molar-refractivity contribution in [3.05, 3.63) is 40.5 Å². The number of benzene rings is 1. The summed E-state index contributed by atoms with van der Waals surface area (Å²) >= 11 is 3.40. The highest BCUT2D eigenvalue weighted by molar-refractivity contribution is 9.10. The normalized spacial score (nSPS) is 11.2. The van der Waals surface area contributed by atoms with E-state index in [0.717, 1.165) is 15.9 Å². The third kappa shape index (κ3) is 5.16. The predicted octanol–water partition coefficient (Wildman–Crippen LogP) is 3.82. The smallest absolute Gasteiger partial charge is 0.315 e. The van der Waals surface area contributed by atoms with E-state index in [1.54, 1.807) is 11.6 Å². The molecule has 1 aromatic carbocycles. The molecule has 2 rings (SSSR count). The van der Waals surface area contributed by atoms with Gasteiger partial charge in [0.25, 0.3) is 0 Å². The van der Waals surface area contributed by atoms with Crippen LogP contribution in [0.15, 0.2) is 34.8 Å². The Balaban J connectivity index is 2.32. The molecule has 134 valence electrons. The molecule has 1 amide bonds. The molecule has 7 heteroatoms. The summed E-state index contributed by atoms with van der Waals surface area (Å²) in [7, 11) is 0. The van der Waals surface area contributed by atoms with Gasteiger partial charge in [-0.1, -0.05) is 36.7 Å². The summed E-state index contributed by atoms with van der Waals surface area (Å²) in [4.78, 5) is 23.6. The van der Waals surface area contributed by atoms with E-state index >= 15 is 0 Å². The highest BCUT2D eigenvalue weighted by Gasteiger charge is 2.22. The predicted molar refractivity (Wildman–Crippen MR) is 99.8 cm³/mol. The Labute approximate surface area is 155 Å². The minimum Gasteiger partial charge on any atom is -0.466 e. The van der Waals surface area contributed by atoms with E-state index in [0.29, 0.717) is 5.82 Å². The van der Waals surface area contributed by atoms with Crippen LogP contribution in [0, 0.1) is 0 Å². The topological polar surface area (TPSA) is 73.2 Å². The molecule has 0 spiro atoms. The van der Waals surface area contributed by atoms with Crippen LogP contribution in [0.25, 0.3) is 5.69 Å². The highest BCUT2D eigenvalue weighted by atomic mass is 79.9. The van der Waals surface area contributed by atoms with E-state index in [1.165, 1.54) is 0 Å². The number of nitrogens with one attached hydrogen (secondary N) is 1. The Kier molecular flexibility index (Phi) is 6.00. The van der Waals surface area contributed by atoms with Crippen LogP contribution in [0.1, 0.15) is 39.8 Å². The summed E-state index contributed by atoms with van der Waals surface area (Å²) in [6.07, 6.45) is -0.329. The molecule has 0 bridgehead atoms. The van der Waals surface area contributed by atoms with Gasteiger partial charge in [-0.25, -0.2) is 4.68 Å². The van der Waals surface area contributed by atoms with Crippen LogP contribution in [0.2, 0.25) is 0 Å². The maximum Gasteiger partial charge on any atom is 0.315 e. The zero-order valence-electron chi connectivity index (χ0n) is 14.8. The van der Waals surface area contributed by atoms with Gasteiger partial charge < -0.3 is 10.1 Å². The van der Waals surface area contributed by atoms with E-state index in [2.05, 4.69) is 26.3 Å². The molecule has 0 saturated carbocycles. The van der Waals surface area contributed by atoms with Crippen LogP contribution in [0.5, 0.6) is 0 Å². The Hall–Kier alpha value is -2.15. The average Bonchev–Trinajstić information content (AvgIpc) is 2.92. The summed E-state index contributed by atoms with van der Waals surface area (Å²) in [6, 6.07) is 9.41. The number of carbonyl (C=O) groups is 2. The average molecular weight is 408 g/mol. The second-order valence-corrected chi connectivity index (χ2v) is 7.50. The molecule has 0 unspecified atom stereocenters. The van der Waals surface area contributed by atoms with E-state index in [-0.39, 0.29) is 18.4 Å². The molecule has 0 saturated heterocycles.